The number of fused-ring (bicyclic) bond motifs is 1. The van der Waals surface area contributed by atoms with Gasteiger partial charge in [0.25, 0.3) is 11.5 Å². The monoisotopic (exact) mass is 721 g/mol. The number of hydrogen-bond donors (Lipinski definition) is 3. The average Bonchev–Trinajstić information content (AvgIpc) is 3.45. The number of hydrogen-bond acceptors (Lipinski definition) is 11. The van der Waals surface area contributed by atoms with Crippen LogP contribution in [0.3, 0.4) is 0 Å². The number of carbonyl (C=O) groups is 2. The highest BCUT2D eigenvalue weighted by Gasteiger charge is 2.41. The van der Waals surface area contributed by atoms with Crippen molar-refractivity contribution in [2.75, 3.05) is 24.5 Å². The lowest BCUT2D eigenvalue weighted by molar-refractivity contribution is -0.275. The number of carbonyl (C=O) groups excluding carboxylic acids is 2. The fourth-order valence-corrected chi connectivity index (χ4v) is 7.21. The van der Waals surface area contributed by atoms with E-state index >= 15 is 0 Å². The van der Waals surface area contributed by atoms with Gasteiger partial charge in [0.15, 0.2) is 10.8 Å². The minimum Gasteiger partial charge on any atom is -0.406 e. The Hall–Kier alpha value is -4.96. The van der Waals surface area contributed by atoms with E-state index in [0.29, 0.717) is 5.56 Å². The summed E-state index contributed by atoms with van der Waals surface area (Å²) < 4.78 is 111. The molecule has 2 aromatic heterocycles. The number of H-pyrrole nitrogens is 1. The number of amides is 2. The third-order valence-electron chi connectivity index (χ3n) is 6.74. The van der Waals surface area contributed by atoms with E-state index in [1.54, 1.807) is 0 Å². The number of thiazole rings is 1. The molecule has 2 aromatic carbocycles. The van der Waals surface area contributed by atoms with Crippen molar-refractivity contribution in [3.8, 4) is 11.5 Å². The zero-order chi connectivity index (χ0) is 35.0. The van der Waals surface area contributed by atoms with Crippen LogP contribution in [0.25, 0.3) is 10.2 Å². The van der Waals surface area contributed by atoms with E-state index in [0.717, 1.165) is 52.0 Å². The van der Waals surface area contributed by atoms with Gasteiger partial charge in [-0.2, -0.15) is 9.40 Å². The fraction of sp³-hybridized carbons (Fsp3) is 0.269. The number of primary amides is 1. The van der Waals surface area contributed by atoms with Gasteiger partial charge < -0.3 is 25.4 Å². The number of benzene rings is 2. The maximum Gasteiger partial charge on any atom is 0.573 e. The Labute approximate surface area is 269 Å². The van der Waals surface area contributed by atoms with Crippen molar-refractivity contribution in [1.29, 1.82) is 0 Å². The first-order valence-corrected chi connectivity index (χ1v) is 15.6. The normalized spacial score (nSPS) is 16.1. The first kappa shape index (κ1) is 34.4. The van der Waals surface area contributed by atoms with Crippen LogP contribution >= 0.6 is 11.3 Å². The van der Waals surface area contributed by atoms with Crippen LogP contribution in [0.4, 0.5) is 31.5 Å². The molecule has 4 aromatic rings. The Balaban J connectivity index is 1.43. The number of alkyl halides is 6. The minimum absolute atomic E-state index is 0.0102. The summed E-state index contributed by atoms with van der Waals surface area (Å²) in [5.41, 5.74) is 4.55. The Morgan fingerprint density at radius 1 is 0.979 bits per heavy atom. The van der Waals surface area contributed by atoms with E-state index in [2.05, 4.69) is 30.0 Å². The summed E-state index contributed by atoms with van der Waals surface area (Å²) in [6.07, 6.45) is -9.94. The van der Waals surface area contributed by atoms with Crippen molar-refractivity contribution >= 4 is 48.5 Å². The molecule has 48 heavy (non-hydrogen) atoms. The van der Waals surface area contributed by atoms with Crippen LogP contribution in [0.5, 0.6) is 11.5 Å². The van der Waals surface area contributed by atoms with E-state index in [-0.39, 0.29) is 47.2 Å². The molecule has 14 nitrogen and oxygen atoms in total. The first-order chi connectivity index (χ1) is 22.4. The summed E-state index contributed by atoms with van der Waals surface area (Å²) in [7, 11) is -4.53. The maximum atomic E-state index is 13.7. The van der Waals surface area contributed by atoms with Crippen molar-refractivity contribution < 1.29 is 53.8 Å². The number of aromatic amines is 1. The molecule has 0 unspecified atom stereocenters. The van der Waals surface area contributed by atoms with Gasteiger partial charge in [-0.3, -0.25) is 14.4 Å². The number of sulfonamides is 1. The Kier molecular flexibility index (Phi) is 9.25. The molecule has 4 N–H and O–H groups in total. The van der Waals surface area contributed by atoms with Gasteiger partial charge in [-0.05, 0) is 42.0 Å². The fourth-order valence-electron chi connectivity index (χ4n) is 4.65. The molecular formula is C26H21F6N7O7S2. The Morgan fingerprint density at radius 2 is 1.56 bits per heavy atom. The highest BCUT2D eigenvalue weighted by molar-refractivity contribution is 7.89. The van der Waals surface area contributed by atoms with Crippen molar-refractivity contribution in [1.82, 2.24) is 24.8 Å². The van der Waals surface area contributed by atoms with Gasteiger partial charge in [0.2, 0.25) is 15.9 Å². The molecule has 22 heteroatoms. The van der Waals surface area contributed by atoms with Gasteiger partial charge in [-0.25, -0.2) is 18.5 Å². The van der Waals surface area contributed by atoms with E-state index in [1.165, 1.54) is 17.0 Å². The van der Waals surface area contributed by atoms with E-state index in [1.807, 2.05) is 0 Å². The van der Waals surface area contributed by atoms with Gasteiger partial charge in [0.05, 0.1) is 4.90 Å². The van der Waals surface area contributed by atoms with Crippen molar-refractivity contribution in [2.24, 2.45) is 5.73 Å². The molecule has 256 valence electrons. The molecule has 1 atom stereocenters. The van der Waals surface area contributed by atoms with Gasteiger partial charge in [-0.1, -0.05) is 23.5 Å². The zero-order valence-electron chi connectivity index (χ0n) is 23.8. The lowest BCUT2D eigenvalue weighted by atomic mass is 10.1. The predicted octanol–water partition coefficient (Wildman–Crippen LogP) is 2.47. The van der Waals surface area contributed by atoms with Crippen LogP contribution in [-0.4, -0.2) is 78.1 Å². The van der Waals surface area contributed by atoms with E-state index in [9.17, 15) is 49.1 Å². The second kappa shape index (κ2) is 12.9. The number of aromatic nitrogens is 3. The molecular weight excluding hydrogens is 700 g/mol. The summed E-state index contributed by atoms with van der Waals surface area (Å²) >= 11 is 0.828. The average molecular weight is 722 g/mol. The second-order valence-corrected chi connectivity index (χ2v) is 12.8. The molecule has 3 heterocycles. The number of nitrogens with two attached hydrogens (primary N) is 1. The van der Waals surface area contributed by atoms with Crippen LogP contribution < -0.4 is 31.0 Å². The highest BCUT2D eigenvalue weighted by Crippen LogP contribution is 2.32. The van der Waals surface area contributed by atoms with Gasteiger partial charge in [0, 0.05) is 26.2 Å². The Bertz CT molecular complexity index is 2000. The molecule has 0 aliphatic carbocycles. The third-order valence-corrected chi connectivity index (χ3v) is 9.78. The molecule has 0 spiro atoms. The van der Waals surface area contributed by atoms with Gasteiger partial charge in [-0.15, -0.1) is 26.3 Å². The third kappa shape index (κ3) is 7.77. The number of rotatable bonds is 9. The molecule has 0 bridgehead atoms. The summed E-state index contributed by atoms with van der Waals surface area (Å²) in [6.45, 7) is -1.03. The molecule has 1 aliphatic heterocycles. The van der Waals surface area contributed by atoms with Gasteiger partial charge >= 0.3 is 12.7 Å². The van der Waals surface area contributed by atoms with E-state index < -0.39 is 62.6 Å². The Morgan fingerprint density at radius 3 is 2.12 bits per heavy atom. The molecule has 0 saturated carbocycles. The number of ether oxygens (including phenoxy) is 2. The smallest absolute Gasteiger partial charge is 0.406 e. The summed E-state index contributed by atoms with van der Waals surface area (Å²) in [5.74, 6) is -3.02. The number of piperazine rings is 1. The van der Waals surface area contributed by atoms with Crippen LogP contribution in [0.1, 0.15) is 16.1 Å². The number of halogens is 6. The summed E-state index contributed by atoms with van der Waals surface area (Å²) in [4.78, 5) is 43.1. The first-order valence-electron chi connectivity index (χ1n) is 13.4. The molecule has 1 fully saturated rings. The van der Waals surface area contributed by atoms with Crippen LogP contribution in [0, 0.1) is 0 Å². The molecule has 1 aliphatic rings. The quantitative estimate of drug-likeness (QED) is 0.217. The van der Waals surface area contributed by atoms with Crippen LogP contribution in [0.2, 0.25) is 0 Å². The molecule has 5 rings (SSSR count). The minimum atomic E-state index is -5.02. The number of anilines is 1. The van der Waals surface area contributed by atoms with Crippen molar-refractivity contribution in [3.63, 3.8) is 0 Å². The van der Waals surface area contributed by atoms with Gasteiger partial charge in [0.1, 0.15) is 27.8 Å². The van der Waals surface area contributed by atoms with Crippen LogP contribution in [-0.2, 0) is 21.4 Å². The highest BCUT2D eigenvalue weighted by atomic mass is 32.2. The lowest BCUT2D eigenvalue weighted by Gasteiger charge is -2.39. The predicted molar refractivity (Wildman–Crippen MR) is 155 cm³/mol. The summed E-state index contributed by atoms with van der Waals surface area (Å²) in [5, 5.41) is 8.40. The standard InChI is InChI=1S/C26H21F6N7O7S2/c27-25(28,29)45-14-3-1-13(2-4-14)11-34-22(41)17-12-38(24-35-18-19(21(33)40)36-37-23(42)20(18)47-24)9-10-39(17)48(43,44)16-7-5-15(6-8-16)46-26(30,31)32/h1-8,17H,9-12H2,(H2,33,40)(H,34,41)(H,37,42)/t17-/m1/s1. The second-order valence-electron chi connectivity index (χ2n) is 9.95. The molecule has 1 saturated heterocycles. The largest absolute Gasteiger partial charge is 0.573 e. The SMILES string of the molecule is NC(=O)c1n[nH]c(=O)c2sc(N3CCN(S(=O)(=O)c4ccc(OC(F)(F)F)cc4)[C@@H](C(=O)NCc4ccc(OC(F)(F)F)cc4)C3)nc12. The zero-order valence-corrected chi connectivity index (χ0v) is 25.5. The van der Waals surface area contributed by atoms with Crippen molar-refractivity contribution in [3.05, 3.63) is 70.1 Å². The van der Waals surface area contributed by atoms with Crippen LogP contribution in [0.15, 0.2) is 58.2 Å². The van der Waals surface area contributed by atoms with Crippen molar-refractivity contribution in [2.45, 2.75) is 30.2 Å². The number of nitrogens with zero attached hydrogens (tertiary/aromatic N) is 4. The number of nitrogens with one attached hydrogen (secondary N) is 2. The molecule has 2 amide bonds. The summed E-state index contributed by atoms with van der Waals surface area (Å²) in [6, 6.07) is 6.37. The van der Waals surface area contributed by atoms with E-state index in [4.69, 9.17) is 5.73 Å². The lowest BCUT2D eigenvalue weighted by Crippen LogP contribution is -2.60. The molecule has 0 radical (unpaired) electrons. The maximum absolute atomic E-state index is 13.7. The topological polar surface area (TPSA) is 190 Å².